The van der Waals surface area contributed by atoms with Gasteiger partial charge in [-0.1, -0.05) is 13.8 Å². The van der Waals surface area contributed by atoms with Gasteiger partial charge in [0.05, 0.1) is 0 Å². The van der Waals surface area contributed by atoms with Crippen LogP contribution in [-0.2, 0) is 4.79 Å². The fourth-order valence-corrected chi connectivity index (χ4v) is 2.17. The number of carbonyl (C=O) groups excluding carboxylic acids is 1. The van der Waals surface area contributed by atoms with Crippen LogP contribution in [0.1, 0.15) is 40.0 Å². The molecule has 1 unspecified atom stereocenters. The summed E-state index contributed by atoms with van der Waals surface area (Å²) in [5, 5.41) is 6.56. The van der Waals surface area contributed by atoms with Crippen molar-refractivity contribution in [2.45, 2.75) is 46.1 Å². The fraction of sp³-hybridized carbons (Fsp3) is 0.875. The zero-order valence-corrected chi connectivity index (χ0v) is 15.3. The lowest BCUT2D eigenvalue weighted by Crippen LogP contribution is -2.43. The van der Waals surface area contributed by atoms with Crippen molar-refractivity contribution in [3.8, 4) is 0 Å². The molecule has 0 spiro atoms. The van der Waals surface area contributed by atoms with E-state index >= 15 is 0 Å². The van der Waals surface area contributed by atoms with Crippen molar-refractivity contribution in [3.05, 3.63) is 0 Å². The molecule has 0 radical (unpaired) electrons. The molecule has 1 atom stereocenters. The average Bonchev–Trinajstić information content (AvgIpc) is 2.50. The van der Waals surface area contributed by atoms with Crippen molar-refractivity contribution in [2.24, 2.45) is 4.99 Å². The van der Waals surface area contributed by atoms with Crippen LogP contribution >= 0.6 is 0 Å². The van der Waals surface area contributed by atoms with Gasteiger partial charge in [-0.15, -0.1) is 0 Å². The lowest BCUT2D eigenvalue weighted by atomic mass is 10.2. The van der Waals surface area contributed by atoms with Crippen LogP contribution in [-0.4, -0.2) is 75.0 Å². The highest BCUT2D eigenvalue weighted by Crippen LogP contribution is 1.99. The molecular formula is C16H35N5O. The molecule has 0 saturated heterocycles. The molecule has 1 amide bonds. The summed E-state index contributed by atoms with van der Waals surface area (Å²) in [6.45, 7) is 10.5. The van der Waals surface area contributed by atoms with Gasteiger partial charge >= 0.3 is 0 Å². The van der Waals surface area contributed by atoms with E-state index in [9.17, 15) is 4.79 Å². The Balaban J connectivity index is 3.94. The molecule has 0 aromatic heterocycles. The summed E-state index contributed by atoms with van der Waals surface area (Å²) in [4.78, 5) is 19.8. The topological polar surface area (TPSA) is 60.0 Å². The van der Waals surface area contributed by atoms with Gasteiger partial charge in [0.2, 0.25) is 5.91 Å². The van der Waals surface area contributed by atoms with Gasteiger partial charge in [0.25, 0.3) is 0 Å². The van der Waals surface area contributed by atoms with Crippen LogP contribution in [0, 0.1) is 0 Å². The average molecular weight is 313 g/mol. The smallest absolute Gasteiger partial charge is 0.223 e. The van der Waals surface area contributed by atoms with Crippen LogP contribution in [0.2, 0.25) is 0 Å². The third-order valence-electron chi connectivity index (χ3n) is 3.74. The molecule has 0 fully saturated rings. The maximum atomic E-state index is 11.5. The Bertz CT molecular complexity index is 326. The lowest BCUT2D eigenvalue weighted by molar-refractivity contribution is -0.128. The Hall–Kier alpha value is -1.30. The largest absolute Gasteiger partial charge is 0.356 e. The van der Waals surface area contributed by atoms with Gasteiger partial charge < -0.3 is 20.4 Å². The number of amides is 1. The van der Waals surface area contributed by atoms with Crippen molar-refractivity contribution < 1.29 is 4.79 Å². The van der Waals surface area contributed by atoms with Gasteiger partial charge in [0.1, 0.15) is 0 Å². The number of nitrogens with one attached hydrogen (secondary N) is 2. The van der Waals surface area contributed by atoms with Crippen LogP contribution in [0.5, 0.6) is 0 Å². The number of carbonyl (C=O) groups is 1. The normalized spacial score (nSPS) is 13.1. The van der Waals surface area contributed by atoms with E-state index in [0.717, 1.165) is 32.0 Å². The number of hydrogen-bond acceptors (Lipinski definition) is 3. The van der Waals surface area contributed by atoms with E-state index in [-0.39, 0.29) is 5.91 Å². The quantitative estimate of drug-likeness (QED) is 0.469. The summed E-state index contributed by atoms with van der Waals surface area (Å²) < 4.78 is 0. The number of rotatable bonds is 10. The Morgan fingerprint density at radius 2 is 1.86 bits per heavy atom. The van der Waals surface area contributed by atoms with Gasteiger partial charge in [-0.2, -0.15) is 0 Å². The third kappa shape index (κ3) is 9.60. The third-order valence-corrected chi connectivity index (χ3v) is 3.74. The molecule has 0 aliphatic heterocycles. The molecule has 0 aromatic rings. The predicted octanol–water partition coefficient (Wildman–Crippen LogP) is 1.14. The summed E-state index contributed by atoms with van der Waals surface area (Å²) in [7, 11) is 5.30. The van der Waals surface area contributed by atoms with Gasteiger partial charge in [-0.25, -0.2) is 0 Å². The Morgan fingerprint density at radius 3 is 2.36 bits per heavy atom. The summed E-state index contributed by atoms with van der Waals surface area (Å²) in [5.41, 5.74) is 0. The van der Waals surface area contributed by atoms with E-state index in [0.29, 0.717) is 19.0 Å². The Labute approximate surface area is 136 Å². The molecule has 0 rings (SSSR count). The molecule has 22 heavy (non-hydrogen) atoms. The Morgan fingerprint density at radius 1 is 1.23 bits per heavy atom. The standard InChI is InChI=1S/C16H35N5O/c1-7-21(8-2)13-9-10-14(3)19-16(17-4)18-12-11-15(22)20(5)6/h14H,7-13H2,1-6H3,(H2,17,18,19). The van der Waals surface area contributed by atoms with E-state index in [1.54, 1.807) is 26.0 Å². The number of aliphatic imine (C=N–C) groups is 1. The van der Waals surface area contributed by atoms with E-state index in [2.05, 4.69) is 41.3 Å². The first-order chi connectivity index (χ1) is 10.4. The van der Waals surface area contributed by atoms with Crippen molar-refractivity contribution in [3.63, 3.8) is 0 Å². The van der Waals surface area contributed by atoms with Gasteiger partial charge in [0, 0.05) is 40.2 Å². The van der Waals surface area contributed by atoms with E-state index in [4.69, 9.17) is 0 Å². The van der Waals surface area contributed by atoms with Crippen LogP contribution < -0.4 is 10.6 Å². The Kier molecular flexibility index (Phi) is 11.5. The monoisotopic (exact) mass is 313 g/mol. The molecule has 2 N–H and O–H groups in total. The SMILES string of the molecule is CCN(CC)CCCC(C)NC(=NC)NCCC(=O)N(C)C. The van der Waals surface area contributed by atoms with Crippen molar-refractivity contribution >= 4 is 11.9 Å². The molecule has 0 aromatic carbocycles. The first-order valence-corrected chi connectivity index (χ1v) is 8.34. The van der Waals surface area contributed by atoms with Crippen LogP contribution in [0.15, 0.2) is 4.99 Å². The highest BCUT2D eigenvalue weighted by molar-refractivity contribution is 5.81. The van der Waals surface area contributed by atoms with E-state index < -0.39 is 0 Å². The first kappa shape index (κ1) is 20.7. The highest BCUT2D eigenvalue weighted by atomic mass is 16.2. The van der Waals surface area contributed by atoms with Crippen LogP contribution in [0.25, 0.3) is 0 Å². The number of nitrogens with zero attached hydrogens (tertiary/aromatic N) is 3. The first-order valence-electron chi connectivity index (χ1n) is 8.34. The molecule has 0 aliphatic rings. The highest BCUT2D eigenvalue weighted by Gasteiger charge is 2.08. The minimum Gasteiger partial charge on any atom is -0.356 e. The maximum absolute atomic E-state index is 11.5. The summed E-state index contributed by atoms with van der Waals surface area (Å²) in [6, 6.07) is 0.367. The minimum atomic E-state index is 0.121. The van der Waals surface area contributed by atoms with Crippen LogP contribution in [0.4, 0.5) is 0 Å². The van der Waals surface area contributed by atoms with Crippen molar-refractivity contribution in [2.75, 3.05) is 47.3 Å². The van der Waals surface area contributed by atoms with Gasteiger partial charge in [-0.3, -0.25) is 9.79 Å². The van der Waals surface area contributed by atoms with Gasteiger partial charge in [-0.05, 0) is 39.4 Å². The minimum absolute atomic E-state index is 0.121. The molecule has 130 valence electrons. The lowest BCUT2D eigenvalue weighted by Gasteiger charge is -2.21. The maximum Gasteiger partial charge on any atom is 0.223 e. The second kappa shape index (κ2) is 12.3. The second-order valence-electron chi connectivity index (χ2n) is 5.75. The molecular weight excluding hydrogens is 278 g/mol. The van der Waals surface area contributed by atoms with Crippen molar-refractivity contribution in [1.82, 2.24) is 20.4 Å². The second-order valence-corrected chi connectivity index (χ2v) is 5.75. The number of guanidine groups is 1. The summed E-state index contributed by atoms with van der Waals surface area (Å²) in [5.74, 6) is 0.886. The van der Waals surface area contributed by atoms with Crippen LogP contribution in [0.3, 0.4) is 0 Å². The zero-order valence-electron chi connectivity index (χ0n) is 15.3. The summed E-state index contributed by atoms with van der Waals surface area (Å²) >= 11 is 0. The molecule has 0 heterocycles. The molecule has 6 heteroatoms. The molecule has 0 saturated carbocycles. The van der Waals surface area contributed by atoms with Crippen molar-refractivity contribution in [1.29, 1.82) is 0 Å². The van der Waals surface area contributed by atoms with E-state index in [1.807, 2.05) is 0 Å². The molecule has 0 bridgehead atoms. The zero-order chi connectivity index (χ0) is 17.0. The molecule has 0 aliphatic carbocycles. The predicted molar refractivity (Wildman–Crippen MR) is 94.3 cm³/mol. The van der Waals surface area contributed by atoms with Gasteiger partial charge in [0.15, 0.2) is 5.96 Å². The molecule has 6 nitrogen and oxygen atoms in total. The van der Waals surface area contributed by atoms with E-state index in [1.165, 1.54) is 6.42 Å². The fourth-order valence-electron chi connectivity index (χ4n) is 2.17. The summed E-state index contributed by atoms with van der Waals surface area (Å²) in [6.07, 6.45) is 2.75. The number of hydrogen-bond donors (Lipinski definition) is 2.